The van der Waals surface area contributed by atoms with Crippen molar-refractivity contribution >= 4 is 23.7 Å². The smallest absolute Gasteiger partial charge is 0.410 e. The lowest BCUT2D eigenvalue weighted by Gasteiger charge is -2.44. The molecule has 2 saturated heterocycles. The fourth-order valence-corrected chi connectivity index (χ4v) is 5.56. The number of nitrogens with one attached hydrogen (secondary N) is 1. The minimum atomic E-state index is -0.706. The number of hydrogen-bond donors (Lipinski definition) is 1. The van der Waals surface area contributed by atoms with Crippen LogP contribution in [0.2, 0.25) is 0 Å². The van der Waals surface area contributed by atoms with Gasteiger partial charge in [-0.1, -0.05) is 34.6 Å². The van der Waals surface area contributed by atoms with Crippen LogP contribution >= 0.6 is 0 Å². The van der Waals surface area contributed by atoms with Crippen LogP contribution in [-0.2, 0) is 26.2 Å². The summed E-state index contributed by atoms with van der Waals surface area (Å²) in [4.78, 5) is 56.2. The first-order valence-corrected chi connectivity index (χ1v) is 15.9. The van der Waals surface area contributed by atoms with Crippen LogP contribution in [0.5, 0.6) is 0 Å². The van der Waals surface area contributed by atoms with Gasteiger partial charge in [0.25, 0.3) is 5.91 Å². The molecule has 12 heteroatoms. The topological polar surface area (TPSA) is 130 Å². The van der Waals surface area contributed by atoms with Crippen LogP contribution in [0.15, 0.2) is 29.0 Å². The second kappa shape index (κ2) is 14.2. The number of carbonyl (C=O) groups excluding carboxylic acids is 3. The number of piperidine rings is 1. The number of morpholine rings is 1. The van der Waals surface area contributed by atoms with Gasteiger partial charge in [0.2, 0.25) is 5.91 Å². The SMILES string of the molecule is CC(C)CN(C(=O)c1cnc(C(C)(C)C)nc1NCc1ccco1)[C@H]1C[C@H](C(=O)N2CCOCC2)CN(C(=O)OC(C)(C)C)C1. The van der Waals surface area contributed by atoms with Crippen molar-refractivity contribution in [3.8, 4) is 0 Å². The van der Waals surface area contributed by atoms with Crippen LogP contribution in [0.1, 0.15) is 83.8 Å². The van der Waals surface area contributed by atoms with Crippen LogP contribution in [0.25, 0.3) is 0 Å². The van der Waals surface area contributed by atoms with Crippen molar-refractivity contribution in [1.82, 2.24) is 24.7 Å². The molecule has 0 radical (unpaired) electrons. The average Bonchev–Trinajstić information content (AvgIpc) is 3.50. The molecule has 12 nitrogen and oxygen atoms in total. The Morgan fingerprint density at radius 1 is 1.09 bits per heavy atom. The molecule has 0 saturated carbocycles. The maximum Gasteiger partial charge on any atom is 0.410 e. The molecule has 2 aromatic rings. The number of aromatic nitrogens is 2. The molecule has 0 spiro atoms. The number of furan rings is 1. The van der Waals surface area contributed by atoms with E-state index in [-0.39, 0.29) is 36.2 Å². The first-order valence-electron chi connectivity index (χ1n) is 15.9. The van der Waals surface area contributed by atoms with Crippen LogP contribution < -0.4 is 5.32 Å². The molecule has 2 aromatic heterocycles. The number of anilines is 1. The van der Waals surface area contributed by atoms with Crippen LogP contribution in [0, 0.1) is 11.8 Å². The largest absolute Gasteiger partial charge is 0.467 e. The van der Waals surface area contributed by atoms with Crippen molar-refractivity contribution in [2.24, 2.45) is 11.8 Å². The lowest BCUT2D eigenvalue weighted by molar-refractivity contribution is -0.142. The first-order chi connectivity index (χ1) is 21.1. The van der Waals surface area contributed by atoms with Crippen molar-refractivity contribution < 1.29 is 28.3 Å². The number of rotatable bonds is 8. The summed E-state index contributed by atoms with van der Waals surface area (Å²) in [7, 11) is 0. The second-order valence-electron chi connectivity index (χ2n) is 14.4. The molecule has 45 heavy (non-hydrogen) atoms. The van der Waals surface area contributed by atoms with Gasteiger partial charge in [0.05, 0.1) is 38.0 Å². The predicted octanol–water partition coefficient (Wildman–Crippen LogP) is 4.56. The molecule has 4 heterocycles. The van der Waals surface area contributed by atoms with Gasteiger partial charge in [0.1, 0.15) is 28.6 Å². The van der Waals surface area contributed by atoms with E-state index in [1.165, 1.54) is 0 Å². The Balaban J connectivity index is 1.69. The first kappa shape index (κ1) is 34.2. The van der Waals surface area contributed by atoms with E-state index < -0.39 is 23.7 Å². The highest BCUT2D eigenvalue weighted by Gasteiger charge is 2.41. The summed E-state index contributed by atoms with van der Waals surface area (Å²) in [6, 6.07) is 3.23. The van der Waals surface area contributed by atoms with Gasteiger partial charge in [-0.2, -0.15) is 0 Å². The third-order valence-electron chi connectivity index (χ3n) is 7.72. The fourth-order valence-electron chi connectivity index (χ4n) is 5.56. The molecule has 0 bridgehead atoms. The summed E-state index contributed by atoms with van der Waals surface area (Å²) < 4.78 is 16.7. The number of carbonyl (C=O) groups is 3. The highest BCUT2D eigenvalue weighted by Crippen LogP contribution is 2.29. The molecule has 3 amide bonds. The Kier molecular flexibility index (Phi) is 10.8. The summed E-state index contributed by atoms with van der Waals surface area (Å²) >= 11 is 0. The molecule has 2 atom stereocenters. The van der Waals surface area contributed by atoms with Gasteiger partial charge in [-0.05, 0) is 45.2 Å². The zero-order valence-electron chi connectivity index (χ0n) is 28.1. The molecule has 0 aromatic carbocycles. The van der Waals surface area contributed by atoms with E-state index in [2.05, 4.69) is 10.3 Å². The molecule has 1 N–H and O–H groups in total. The Morgan fingerprint density at radius 2 is 1.80 bits per heavy atom. The number of nitrogens with zero attached hydrogens (tertiary/aromatic N) is 5. The zero-order chi connectivity index (χ0) is 32.9. The summed E-state index contributed by atoms with van der Waals surface area (Å²) in [5, 5.41) is 3.29. The fraction of sp³-hybridized carbons (Fsp3) is 0.667. The summed E-state index contributed by atoms with van der Waals surface area (Å²) in [6.07, 6.45) is 3.10. The Labute approximate surface area is 266 Å². The predicted molar refractivity (Wildman–Crippen MR) is 170 cm³/mol. The van der Waals surface area contributed by atoms with E-state index in [1.807, 2.05) is 67.5 Å². The lowest BCUT2D eigenvalue weighted by Crippen LogP contribution is -2.58. The number of ether oxygens (including phenoxy) is 2. The monoisotopic (exact) mass is 626 g/mol. The number of amides is 3. The van der Waals surface area contributed by atoms with Crippen molar-refractivity contribution in [2.75, 3.05) is 51.3 Å². The molecule has 0 aliphatic carbocycles. The molecular formula is C33H50N6O6. The quantitative estimate of drug-likeness (QED) is 0.448. The number of likely N-dealkylation sites (tertiary alicyclic amines) is 1. The Bertz CT molecular complexity index is 1310. The molecular weight excluding hydrogens is 576 g/mol. The summed E-state index contributed by atoms with van der Waals surface area (Å²) in [5.41, 5.74) is -0.729. The normalized spacial score (nSPS) is 19.4. The second-order valence-corrected chi connectivity index (χ2v) is 14.4. The Hall–Kier alpha value is -3.67. The minimum Gasteiger partial charge on any atom is -0.467 e. The highest BCUT2D eigenvalue weighted by atomic mass is 16.6. The third kappa shape index (κ3) is 9.18. The molecule has 2 aliphatic heterocycles. The summed E-state index contributed by atoms with van der Waals surface area (Å²) in [5.74, 6) is 1.04. The van der Waals surface area contributed by atoms with Gasteiger partial charge in [-0.3, -0.25) is 9.59 Å². The average molecular weight is 627 g/mol. The Morgan fingerprint density at radius 3 is 2.40 bits per heavy atom. The molecule has 248 valence electrons. The van der Waals surface area contributed by atoms with Crippen molar-refractivity contribution in [1.29, 1.82) is 0 Å². The minimum absolute atomic E-state index is 0.0350. The van der Waals surface area contributed by atoms with Crippen molar-refractivity contribution in [3.63, 3.8) is 0 Å². The standard InChI is InChI=1S/C33H50N6O6/c1-22(2)19-39(29(41)26-18-35-30(32(3,4)5)36-27(26)34-17-25-10-9-13-44-25)24-16-23(28(40)37-11-14-43-15-12-37)20-38(21-24)31(42)45-33(6,7)8/h9-10,13,18,22-24H,11-12,14-17,19-21H2,1-8H3,(H,34,35,36)/t23-,24-/m0/s1. The van der Waals surface area contributed by atoms with E-state index in [1.54, 1.807) is 27.2 Å². The van der Waals surface area contributed by atoms with Gasteiger partial charge >= 0.3 is 6.09 Å². The van der Waals surface area contributed by atoms with E-state index in [9.17, 15) is 14.4 Å². The summed E-state index contributed by atoms with van der Waals surface area (Å²) in [6.45, 7) is 18.8. The van der Waals surface area contributed by atoms with Gasteiger partial charge in [0.15, 0.2) is 0 Å². The van der Waals surface area contributed by atoms with Gasteiger partial charge in [-0.15, -0.1) is 0 Å². The van der Waals surface area contributed by atoms with Gasteiger partial charge in [-0.25, -0.2) is 14.8 Å². The van der Waals surface area contributed by atoms with Crippen molar-refractivity contribution in [3.05, 3.63) is 41.7 Å². The van der Waals surface area contributed by atoms with E-state index in [4.69, 9.17) is 18.9 Å². The van der Waals surface area contributed by atoms with Crippen LogP contribution in [-0.4, -0.2) is 100 Å². The molecule has 2 fully saturated rings. The van der Waals surface area contributed by atoms with Gasteiger partial charge in [0, 0.05) is 44.3 Å². The van der Waals surface area contributed by atoms with E-state index in [0.717, 1.165) is 0 Å². The van der Waals surface area contributed by atoms with Crippen LogP contribution in [0.4, 0.5) is 10.6 Å². The maximum atomic E-state index is 14.5. The highest BCUT2D eigenvalue weighted by molar-refractivity contribution is 5.98. The zero-order valence-corrected chi connectivity index (χ0v) is 28.1. The third-order valence-corrected chi connectivity index (χ3v) is 7.72. The maximum absolute atomic E-state index is 14.5. The van der Waals surface area contributed by atoms with E-state index >= 15 is 0 Å². The van der Waals surface area contributed by atoms with Crippen LogP contribution in [0.3, 0.4) is 0 Å². The van der Waals surface area contributed by atoms with Crippen molar-refractivity contribution in [2.45, 2.75) is 85.4 Å². The molecule has 4 rings (SSSR count). The lowest BCUT2D eigenvalue weighted by atomic mass is 9.91. The number of hydrogen-bond acceptors (Lipinski definition) is 9. The van der Waals surface area contributed by atoms with Gasteiger partial charge < -0.3 is 33.9 Å². The molecule has 2 aliphatic rings. The van der Waals surface area contributed by atoms with E-state index in [0.29, 0.717) is 68.8 Å². The molecule has 0 unspecified atom stereocenters.